The Morgan fingerprint density at radius 1 is 1.06 bits per heavy atom. The van der Waals surface area contributed by atoms with Crippen LogP contribution in [0.4, 0.5) is 5.69 Å². The highest BCUT2D eigenvalue weighted by atomic mass is 32.2. The number of benzene rings is 2. The number of sulfonamides is 1. The Hall–Kier alpha value is -3.17. The van der Waals surface area contributed by atoms with Gasteiger partial charge in [0.1, 0.15) is 10.6 Å². The SMILES string of the molecule is COc1ccc(NC(=O)COC(=O)/C=C/c2ccccc2)cc1S(=O)(=O)N1CCCCC1. The molecule has 2 aromatic carbocycles. The normalized spacial score (nSPS) is 14.8. The molecule has 1 fully saturated rings. The number of nitrogens with one attached hydrogen (secondary N) is 1. The molecule has 2 aromatic rings. The summed E-state index contributed by atoms with van der Waals surface area (Å²) in [6.07, 6.45) is 5.43. The third kappa shape index (κ3) is 6.18. The molecule has 8 nitrogen and oxygen atoms in total. The highest BCUT2D eigenvalue weighted by molar-refractivity contribution is 7.89. The minimum absolute atomic E-state index is 0.0116. The molecule has 1 aliphatic heterocycles. The first-order valence-electron chi connectivity index (χ1n) is 10.3. The van der Waals surface area contributed by atoms with Crippen LogP contribution in [0.2, 0.25) is 0 Å². The predicted molar refractivity (Wildman–Crippen MR) is 121 cm³/mol. The second kappa shape index (κ2) is 10.9. The first-order chi connectivity index (χ1) is 15.4. The van der Waals surface area contributed by atoms with Gasteiger partial charge >= 0.3 is 5.97 Å². The van der Waals surface area contributed by atoms with Gasteiger partial charge in [-0.25, -0.2) is 13.2 Å². The summed E-state index contributed by atoms with van der Waals surface area (Å²) in [6, 6.07) is 13.6. The van der Waals surface area contributed by atoms with E-state index in [0.29, 0.717) is 13.1 Å². The fraction of sp³-hybridized carbons (Fsp3) is 0.304. The number of rotatable bonds is 8. The molecule has 1 amide bonds. The summed E-state index contributed by atoms with van der Waals surface area (Å²) >= 11 is 0. The van der Waals surface area contributed by atoms with Crippen LogP contribution in [0.25, 0.3) is 6.08 Å². The second-order valence-corrected chi connectivity index (χ2v) is 9.14. The Morgan fingerprint density at radius 2 is 1.78 bits per heavy atom. The maximum absolute atomic E-state index is 13.1. The van der Waals surface area contributed by atoms with Gasteiger partial charge in [0.25, 0.3) is 5.91 Å². The molecule has 3 rings (SSSR count). The quantitative estimate of drug-likeness (QED) is 0.482. The van der Waals surface area contributed by atoms with Crippen LogP contribution < -0.4 is 10.1 Å². The molecular formula is C23H26N2O6S. The first-order valence-corrected chi connectivity index (χ1v) is 11.7. The lowest BCUT2D eigenvalue weighted by Crippen LogP contribution is -2.35. The van der Waals surface area contributed by atoms with Gasteiger partial charge in [0.15, 0.2) is 6.61 Å². The molecular weight excluding hydrogens is 432 g/mol. The van der Waals surface area contributed by atoms with Crippen molar-refractivity contribution in [2.45, 2.75) is 24.2 Å². The molecule has 0 aromatic heterocycles. The van der Waals surface area contributed by atoms with Crippen LogP contribution in [0.15, 0.2) is 59.5 Å². The summed E-state index contributed by atoms with van der Waals surface area (Å²) in [4.78, 5) is 24.0. The van der Waals surface area contributed by atoms with Crippen molar-refractivity contribution in [2.24, 2.45) is 0 Å². The molecule has 1 heterocycles. The van der Waals surface area contributed by atoms with Crippen molar-refractivity contribution >= 4 is 33.7 Å². The number of carbonyl (C=O) groups excluding carboxylic acids is 2. The van der Waals surface area contributed by atoms with Crippen molar-refractivity contribution in [3.63, 3.8) is 0 Å². The Bertz CT molecular complexity index is 1080. The zero-order valence-electron chi connectivity index (χ0n) is 17.8. The molecule has 1 aliphatic rings. The highest BCUT2D eigenvalue weighted by Gasteiger charge is 2.29. The number of piperidine rings is 1. The summed E-state index contributed by atoms with van der Waals surface area (Å²) in [6.45, 7) is 0.404. The van der Waals surface area contributed by atoms with E-state index in [1.54, 1.807) is 6.08 Å². The molecule has 0 spiro atoms. The third-order valence-electron chi connectivity index (χ3n) is 4.94. The summed E-state index contributed by atoms with van der Waals surface area (Å²) < 4.78 is 37.7. The number of anilines is 1. The predicted octanol–water partition coefficient (Wildman–Crippen LogP) is 3.06. The van der Waals surface area contributed by atoms with Crippen LogP contribution in [-0.4, -0.2) is 51.4 Å². The van der Waals surface area contributed by atoms with Gasteiger partial charge in [0, 0.05) is 24.9 Å². The maximum atomic E-state index is 13.1. The zero-order valence-corrected chi connectivity index (χ0v) is 18.6. The lowest BCUT2D eigenvalue weighted by atomic mass is 10.2. The van der Waals surface area contributed by atoms with Crippen molar-refractivity contribution in [2.75, 3.05) is 32.1 Å². The minimum atomic E-state index is -3.76. The van der Waals surface area contributed by atoms with Crippen molar-refractivity contribution in [1.29, 1.82) is 0 Å². The van der Waals surface area contributed by atoms with Crippen LogP contribution in [-0.2, 0) is 24.3 Å². The molecule has 1 N–H and O–H groups in total. The number of nitrogens with zero attached hydrogens (tertiary/aromatic N) is 1. The van der Waals surface area contributed by atoms with E-state index >= 15 is 0 Å². The maximum Gasteiger partial charge on any atom is 0.331 e. The molecule has 0 bridgehead atoms. The van der Waals surface area contributed by atoms with Crippen LogP contribution in [0.5, 0.6) is 5.75 Å². The van der Waals surface area contributed by atoms with Gasteiger partial charge in [-0.15, -0.1) is 0 Å². The summed E-state index contributed by atoms with van der Waals surface area (Å²) in [5.74, 6) is -1.05. The molecule has 1 saturated heterocycles. The van der Waals surface area contributed by atoms with Crippen LogP contribution in [0, 0.1) is 0 Å². The second-order valence-electron chi connectivity index (χ2n) is 7.23. The summed E-state index contributed by atoms with van der Waals surface area (Å²) in [5.41, 5.74) is 1.09. The Labute approximate surface area is 187 Å². The van der Waals surface area contributed by atoms with E-state index in [1.807, 2.05) is 30.3 Å². The molecule has 0 radical (unpaired) electrons. The van der Waals surface area contributed by atoms with Gasteiger partial charge in [0.05, 0.1) is 7.11 Å². The van der Waals surface area contributed by atoms with Gasteiger partial charge in [-0.2, -0.15) is 4.31 Å². The average molecular weight is 459 g/mol. The summed E-state index contributed by atoms with van der Waals surface area (Å²) in [7, 11) is -2.37. The number of carbonyl (C=O) groups is 2. The largest absolute Gasteiger partial charge is 0.495 e. The van der Waals surface area contributed by atoms with E-state index in [-0.39, 0.29) is 16.3 Å². The topological polar surface area (TPSA) is 102 Å². The number of hydrogen-bond acceptors (Lipinski definition) is 6. The van der Waals surface area contributed by atoms with E-state index in [4.69, 9.17) is 9.47 Å². The molecule has 170 valence electrons. The monoisotopic (exact) mass is 458 g/mol. The Balaban J connectivity index is 1.63. The van der Waals surface area contributed by atoms with Gasteiger partial charge in [-0.1, -0.05) is 36.8 Å². The zero-order chi connectivity index (χ0) is 23.0. The minimum Gasteiger partial charge on any atom is -0.495 e. The van der Waals surface area contributed by atoms with E-state index in [0.717, 1.165) is 24.8 Å². The molecule has 0 atom stereocenters. The Morgan fingerprint density at radius 3 is 2.47 bits per heavy atom. The number of ether oxygens (including phenoxy) is 2. The van der Waals surface area contributed by atoms with Gasteiger partial charge in [-0.3, -0.25) is 4.79 Å². The number of esters is 1. The Kier molecular flexibility index (Phi) is 8.02. The molecule has 0 saturated carbocycles. The van der Waals surface area contributed by atoms with E-state index in [9.17, 15) is 18.0 Å². The van der Waals surface area contributed by atoms with Crippen molar-refractivity contribution in [1.82, 2.24) is 4.31 Å². The first kappa shape index (κ1) is 23.5. The lowest BCUT2D eigenvalue weighted by molar-refractivity contribution is -0.142. The van der Waals surface area contributed by atoms with Crippen LogP contribution in [0.3, 0.4) is 0 Å². The molecule has 9 heteroatoms. The third-order valence-corrected chi connectivity index (χ3v) is 6.86. The van der Waals surface area contributed by atoms with Crippen LogP contribution >= 0.6 is 0 Å². The van der Waals surface area contributed by atoms with Gasteiger partial charge in [-0.05, 0) is 42.7 Å². The average Bonchev–Trinajstić information content (AvgIpc) is 2.82. The number of amides is 1. The van der Waals surface area contributed by atoms with E-state index in [2.05, 4.69) is 5.32 Å². The van der Waals surface area contributed by atoms with Gasteiger partial charge in [0.2, 0.25) is 10.0 Å². The van der Waals surface area contributed by atoms with E-state index in [1.165, 1.54) is 35.7 Å². The van der Waals surface area contributed by atoms with Crippen molar-refractivity contribution in [3.8, 4) is 5.75 Å². The summed E-state index contributed by atoms with van der Waals surface area (Å²) in [5, 5.41) is 2.56. The number of methoxy groups -OCH3 is 1. The fourth-order valence-corrected chi connectivity index (χ4v) is 5.01. The standard InChI is InChI=1S/C23H26N2O6S/c1-30-20-12-11-19(16-21(20)32(28,29)25-14-6-3-7-15-25)24-22(26)17-31-23(27)13-10-18-8-4-2-5-9-18/h2,4-5,8-13,16H,3,6-7,14-15,17H2,1H3,(H,24,26)/b13-10+. The molecule has 32 heavy (non-hydrogen) atoms. The number of hydrogen-bond donors (Lipinski definition) is 1. The van der Waals surface area contributed by atoms with Crippen molar-refractivity contribution in [3.05, 3.63) is 60.2 Å². The smallest absolute Gasteiger partial charge is 0.331 e. The van der Waals surface area contributed by atoms with Gasteiger partial charge < -0.3 is 14.8 Å². The van der Waals surface area contributed by atoms with E-state index < -0.39 is 28.5 Å². The van der Waals surface area contributed by atoms with Crippen LogP contribution in [0.1, 0.15) is 24.8 Å². The fourth-order valence-electron chi connectivity index (χ4n) is 3.31. The molecule has 0 unspecified atom stereocenters. The molecule has 0 aliphatic carbocycles. The lowest BCUT2D eigenvalue weighted by Gasteiger charge is -2.26. The highest BCUT2D eigenvalue weighted by Crippen LogP contribution is 2.31. The van der Waals surface area contributed by atoms with Crippen molar-refractivity contribution < 1.29 is 27.5 Å².